The van der Waals surface area contributed by atoms with E-state index in [0.29, 0.717) is 5.92 Å². The number of anilines is 1. The maximum absolute atomic E-state index is 4.57. The molecule has 3 nitrogen and oxygen atoms in total. The highest BCUT2D eigenvalue weighted by atomic mass is 15.0. The number of nitrogens with one attached hydrogen (secondary N) is 1. The maximum atomic E-state index is 4.57. The lowest BCUT2D eigenvalue weighted by Crippen LogP contribution is -2.09. The number of rotatable bonds is 4. The smallest absolute Gasteiger partial charge is 0.133 e. The highest BCUT2D eigenvalue weighted by molar-refractivity contribution is 5.46. The molecule has 0 saturated heterocycles. The summed E-state index contributed by atoms with van der Waals surface area (Å²) in [6, 6.07) is 0. The minimum Gasteiger partial charge on any atom is -0.373 e. The molecule has 1 unspecified atom stereocenters. The second kappa shape index (κ2) is 5.10. The lowest BCUT2D eigenvalue weighted by Gasteiger charge is -2.14. The molecule has 0 saturated carbocycles. The minimum atomic E-state index is 0.432. The summed E-state index contributed by atoms with van der Waals surface area (Å²) >= 11 is 0. The van der Waals surface area contributed by atoms with Crippen molar-refractivity contribution >= 4 is 5.82 Å². The third-order valence-electron chi connectivity index (χ3n) is 2.87. The molecule has 0 aliphatic carbocycles. The molecule has 0 radical (unpaired) electrons. The minimum absolute atomic E-state index is 0.432. The van der Waals surface area contributed by atoms with Crippen molar-refractivity contribution < 1.29 is 0 Å². The monoisotopic (exact) mass is 207 g/mol. The Morgan fingerprint density at radius 2 is 1.93 bits per heavy atom. The average molecular weight is 207 g/mol. The summed E-state index contributed by atoms with van der Waals surface area (Å²) in [5, 5.41) is 3.16. The molecular weight excluding hydrogens is 186 g/mol. The highest BCUT2D eigenvalue weighted by Gasteiger charge is 2.12. The van der Waals surface area contributed by atoms with Crippen molar-refractivity contribution in [2.75, 3.05) is 12.4 Å². The van der Waals surface area contributed by atoms with Crippen LogP contribution in [0.3, 0.4) is 0 Å². The van der Waals surface area contributed by atoms with Crippen LogP contribution in [0.25, 0.3) is 0 Å². The van der Waals surface area contributed by atoms with Gasteiger partial charge >= 0.3 is 0 Å². The van der Waals surface area contributed by atoms with E-state index in [4.69, 9.17) is 0 Å². The Morgan fingerprint density at radius 3 is 2.40 bits per heavy atom. The van der Waals surface area contributed by atoms with Gasteiger partial charge in [0.05, 0.1) is 0 Å². The van der Waals surface area contributed by atoms with Crippen molar-refractivity contribution in [3.8, 4) is 0 Å². The van der Waals surface area contributed by atoms with Crippen LogP contribution in [-0.4, -0.2) is 17.0 Å². The van der Waals surface area contributed by atoms with Crippen LogP contribution >= 0.6 is 0 Å². The fraction of sp³-hybridized carbons (Fsp3) is 0.667. The van der Waals surface area contributed by atoms with E-state index in [9.17, 15) is 0 Å². The fourth-order valence-electron chi connectivity index (χ4n) is 1.65. The first-order valence-corrected chi connectivity index (χ1v) is 5.69. The van der Waals surface area contributed by atoms with Crippen LogP contribution in [0.5, 0.6) is 0 Å². The summed E-state index contributed by atoms with van der Waals surface area (Å²) in [6.07, 6.45) is 2.05. The van der Waals surface area contributed by atoms with E-state index in [1.807, 2.05) is 7.05 Å². The molecule has 3 heteroatoms. The zero-order valence-electron chi connectivity index (χ0n) is 10.4. The molecule has 0 spiro atoms. The van der Waals surface area contributed by atoms with Crippen molar-refractivity contribution in [3.63, 3.8) is 0 Å². The first-order chi connectivity index (χ1) is 7.13. The summed E-state index contributed by atoms with van der Waals surface area (Å²) in [7, 11) is 1.92. The molecule has 1 atom stereocenters. The van der Waals surface area contributed by atoms with E-state index in [1.54, 1.807) is 0 Å². The van der Waals surface area contributed by atoms with Gasteiger partial charge in [-0.25, -0.2) is 9.97 Å². The normalized spacial score (nSPS) is 12.6. The van der Waals surface area contributed by atoms with Crippen LogP contribution in [0.1, 0.15) is 50.2 Å². The zero-order valence-corrected chi connectivity index (χ0v) is 10.4. The summed E-state index contributed by atoms with van der Waals surface area (Å²) in [4.78, 5) is 9.14. The Hall–Kier alpha value is -1.12. The zero-order chi connectivity index (χ0) is 11.4. The molecular formula is C12H21N3. The Labute approximate surface area is 92.3 Å². The third-order valence-corrected chi connectivity index (χ3v) is 2.87. The quantitative estimate of drug-likeness (QED) is 0.825. The summed E-state index contributed by atoms with van der Waals surface area (Å²) in [5.41, 5.74) is 2.33. The van der Waals surface area contributed by atoms with Crippen molar-refractivity contribution in [2.24, 2.45) is 0 Å². The van der Waals surface area contributed by atoms with Crippen LogP contribution in [0.4, 0.5) is 5.82 Å². The van der Waals surface area contributed by atoms with Gasteiger partial charge in [-0.15, -0.1) is 0 Å². The molecule has 1 rings (SSSR count). The van der Waals surface area contributed by atoms with Gasteiger partial charge in [-0.2, -0.15) is 0 Å². The largest absolute Gasteiger partial charge is 0.373 e. The molecule has 0 aliphatic rings. The number of aromatic nitrogens is 2. The van der Waals surface area contributed by atoms with Crippen molar-refractivity contribution in [1.29, 1.82) is 0 Å². The maximum Gasteiger partial charge on any atom is 0.133 e. The molecule has 1 N–H and O–H groups in total. The highest BCUT2D eigenvalue weighted by Crippen LogP contribution is 2.21. The van der Waals surface area contributed by atoms with Gasteiger partial charge in [-0.3, -0.25) is 0 Å². The van der Waals surface area contributed by atoms with Crippen LogP contribution < -0.4 is 5.32 Å². The van der Waals surface area contributed by atoms with E-state index in [0.717, 1.165) is 30.2 Å². The van der Waals surface area contributed by atoms with Gasteiger partial charge in [0.1, 0.15) is 11.6 Å². The molecule has 0 aromatic carbocycles. The van der Waals surface area contributed by atoms with E-state index in [2.05, 4.69) is 43.0 Å². The van der Waals surface area contributed by atoms with Crippen molar-refractivity contribution in [2.45, 2.75) is 46.5 Å². The van der Waals surface area contributed by atoms with Gasteiger partial charge in [-0.05, 0) is 19.8 Å². The second-order valence-electron chi connectivity index (χ2n) is 3.91. The van der Waals surface area contributed by atoms with Crippen LogP contribution in [-0.2, 0) is 6.42 Å². The molecule has 15 heavy (non-hydrogen) atoms. The Balaban J connectivity index is 3.19. The van der Waals surface area contributed by atoms with Crippen LogP contribution in [0.2, 0.25) is 0 Å². The van der Waals surface area contributed by atoms with Crippen LogP contribution in [0.15, 0.2) is 0 Å². The molecule has 0 bridgehead atoms. The number of aryl methyl sites for hydroxylation is 1. The predicted octanol–water partition coefficient (Wildman–Crippen LogP) is 2.90. The molecule has 84 valence electrons. The average Bonchev–Trinajstić information content (AvgIpc) is 2.26. The molecule has 1 heterocycles. The summed E-state index contributed by atoms with van der Waals surface area (Å²) < 4.78 is 0. The first kappa shape index (κ1) is 12.0. The lowest BCUT2D eigenvalue weighted by atomic mass is 10.1. The lowest BCUT2D eigenvalue weighted by molar-refractivity contribution is 0.672. The Morgan fingerprint density at radius 1 is 1.27 bits per heavy atom. The van der Waals surface area contributed by atoms with Gasteiger partial charge in [-0.1, -0.05) is 20.8 Å². The fourth-order valence-corrected chi connectivity index (χ4v) is 1.65. The van der Waals surface area contributed by atoms with Crippen LogP contribution in [0, 0.1) is 6.92 Å². The van der Waals surface area contributed by atoms with E-state index >= 15 is 0 Å². The van der Waals surface area contributed by atoms with Gasteiger partial charge in [0.25, 0.3) is 0 Å². The van der Waals surface area contributed by atoms with E-state index < -0.39 is 0 Å². The molecule has 0 aliphatic heterocycles. The van der Waals surface area contributed by atoms with E-state index in [-0.39, 0.29) is 0 Å². The van der Waals surface area contributed by atoms with Crippen molar-refractivity contribution in [1.82, 2.24) is 9.97 Å². The third kappa shape index (κ3) is 2.46. The Bertz CT molecular complexity index is 334. The predicted molar refractivity (Wildman–Crippen MR) is 64.4 cm³/mol. The summed E-state index contributed by atoms with van der Waals surface area (Å²) in [5.74, 6) is 2.37. The number of hydrogen-bond acceptors (Lipinski definition) is 3. The van der Waals surface area contributed by atoms with Gasteiger partial charge in [0.15, 0.2) is 0 Å². The van der Waals surface area contributed by atoms with Gasteiger partial charge < -0.3 is 5.32 Å². The standard InChI is InChI=1S/C12H21N3/c1-6-8(3)11-14-9(4)10(7-2)12(13-5)15-11/h8H,6-7H2,1-5H3,(H,13,14,15). The molecule has 0 fully saturated rings. The summed E-state index contributed by atoms with van der Waals surface area (Å²) in [6.45, 7) is 8.53. The first-order valence-electron chi connectivity index (χ1n) is 5.69. The van der Waals surface area contributed by atoms with Gasteiger partial charge in [0.2, 0.25) is 0 Å². The second-order valence-corrected chi connectivity index (χ2v) is 3.91. The topological polar surface area (TPSA) is 37.8 Å². The SMILES string of the molecule is CCc1c(C)nc(C(C)CC)nc1NC. The van der Waals surface area contributed by atoms with E-state index in [1.165, 1.54) is 5.56 Å². The molecule has 1 aromatic heterocycles. The number of hydrogen-bond donors (Lipinski definition) is 1. The van der Waals surface area contributed by atoms with Crippen molar-refractivity contribution in [3.05, 3.63) is 17.1 Å². The molecule has 0 amide bonds. The molecule has 1 aromatic rings. The number of nitrogens with zero attached hydrogens (tertiary/aromatic N) is 2. The Kier molecular flexibility index (Phi) is 4.06. The van der Waals surface area contributed by atoms with Gasteiger partial charge in [0, 0.05) is 24.2 Å².